The Hall–Kier alpha value is -3.36. The van der Waals surface area contributed by atoms with Crippen LogP contribution in [-0.4, -0.2) is 39.1 Å². The molecule has 2 heterocycles. The van der Waals surface area contributed by atoms with Gasteiger partial charge in [0.25, 0.3) is 11.8 Å². The van der Waals surface area contributed by atoms with Crippen molar-refractivity contribution in [2.45, 2.75) is 26.8 Å². The Labute approximate surface area is 156 Å². The fourth-order valence-corrected chi connectivity index (χ4v) is 2.22. The minimum absolute atomic E-state index is 0.00982. The Bertz CT molecular complexity index is 885. The van der Waals surface area contributed by atoms with E-state index < -0.39 is 5.91 Å². The zero-order valence-corrected chi connectivity index (χ0v) is 15.4. The topological polar surface area (TPSA) is 104 Å². The van der Waals surface area contributed by atoms with E-state index in [1.807, 2.05) is 27.0 Å². The van der Waals surface area contributed by atoms with Crippen molar-refractivity contribution >= 4 is 11.9 Å². The minimum atomic E-state index is -0.410. The maximum absolute atomic E-state index is 12.0. The standard InChI is InChI=1S/C18H21N5O4/c1-4-25-13-5-7-14(8-6-13)26-11-16(24)19-18-21-20-17(27-18)15-9-10-23(22-15)12(2)3/h5-10,12H,4,11H2,1-3H3,(H,19,21,24). The number of aromatic nitrogens is 4. The van der Waals surface area contributed by atoms with E-state index in [-0.39, 0.29) is 24.6 Å². The van der Waals surface area contributed by atoms with Gasteiger partial charge in [0.2, 0.25) is 0 Å². The third-order valence-electron chi connectivity index (χ3n) is 3.53. The van der Waals surface area contributed by atoms with Crippen molar-refractivity contribution in [1.29, 1.82) is 0 Å². The van der Waals surface area contributed by atoms with E-state index in [0.29, 0.717) is 18.1 Å². The molecule has 2 aromatic heterocycles. The van der Waals surface area contributed by atoms with Crippen LogP contribution in [0.5, 0.6) is 11.5 Å². The van der Waals surface area contributed by atoms with Gasteiger partial charge >= 0.3 is 6.01 Å². The van der Waals surface area contributed by atoms with E-state index in [1.54, 1.807) is 35.0 Å². The first-order valence-electron chi connectivity index (χ1n) is 8.59. The van der Waals surface area contributed by atoms with Crippen LogP contribution in [0.4, 0.5) is 6.01 Å². The fraction of sp³-hybridized carbons (Fsp3) is 0.333. The molecule has 0 aliphatic carbocycles. The van der Waals surface area contributed by atoms with Crippen LogP contribution in [0.1, 0.15) is 26.8 Å². The molecule has 3 aromatic rings. The van der Waals surface area contributed by atoms with Crippen LogP contribution in [0.2, 0.25) is 0 Å². The third-order valence-corrected chi connectivity index (χ3v) is 3.53. The first-order valence-corrected chi connectivity index (χ1v) is 8.59. The zero-order valence-electron chi connectivity index (χ0n) is 15.4. The van der Waals surface area contributed by atoms with E-state index in [9.17, 15) is 4.79 Å². The summed E-state index contributed by atoms with van der Waals surface area (Å²) in [5.74, 6) is 1.12. The molecule has 3 rings (SSSR count). The summed E-state index contributed by atoms with van der Waals surface area (Å²) in [6.45, 7) is 6.34. The Kier molecular flexibility index (Phi) is 5.70. The highest BCUT2D eigenvalue weighted by Crippen LogP contribution is 2.19. The Morgan fingerprint density at radius 1 is 1.15 bits per heavy atom. The molecule has 1 aromatic carbocycles. The average molecular weight is 371 g/mol. The number of hydrogen-bond acceptors (Lipinski definition) is 7. The molecule has 0 spiro atoms. The summed E-state index contributed by atoms with van der Waals surface area (Å²) in [4.78, 5) is 12.0. The molecule has 0 unspecified atom stereocenters. The number of rotatable bonds is 8. The highest BCUT2D eigenvalue weighted by Gasteiger charge is 2.14. The lowest BCUT2D eigenvalue weighted by atomic mass is 10.3. The van der Waals surface area contributed by atoms with Crippen LogP contribution >= 0.6 is 0 Å². The molecule has 1 amide bonds. The molecule has 0 atom stereocenters. The van der Waals surface area contributed by atoms with Crippen LogP contribution in [-0.2, 0) is 4.79 Å². The lowest BCUT2D eigenvalue weighted by Crippen LogP contribution is -2.20. The summed E-state index contributed by atoms with van der Waals surface area (Å²) >= 11 is 0. The highest BCUT2D eigenvalue weighted by molar-refractivity contribution is 5.89. The maximum atomic E-state index is 12.0. The fourth-order valence-electron chi connectivity index (χ4n) is 2.22. The second kappa shape index (κ2) is 8.35. The van der Waals surface area contributed by atoms with Crippen molar-refractivity contribution in [1.82, 2.24) is 20.0 Å². The number of amides is 1. The predicted molar refractivity (Wildman–Crippen MR) is 97.6 cm³/mol. The van der Waals surface area contributed by atoms with Gasteiger partial charge in [-0.3, -0.25) is 14.8 Å². The van der Waals surface area contributed by atoms with Crippen molar-refractivity contribution in [3.05, 3.63) is 36.5 Å². The van der Waals surface area contributed by atoms with Gasteiger partial charge in [-0.1, -0.05) is 5.10 Å². The molecule has 0 saturated carbocycles. The zero-order chi connectivity index (χ0) is 19.2. The van der Waals surface area contributed by atoms with Crippen LogP contribution < -0.4 is 14.8 Å². The van der Waals surface area contributed by atoms with Crippen molar-refractivity contribution < 1.29 is 18.7 Å². The van der Waals surface area contributed by atoms with Crippen molar-refractivity contribution in [3.63, 3.8) is 0 Å². The maximum Gasteiger partial charge on any atom is 0.322 e. The molecular weight excluding hydrogens is 350 g/mol. The van der Waals surface area contributed by atoms with Crippen LogP contribution in [0.25, 0.3) is 11.6 Å². The minimum Gasteiger partial charge on any atom is -0.494 e. The Balaban J connectivity index is 1.53. The molecule has 0 aliphatic rings. The van der Waals surface area contributed by atoms with Crippen LogP contribution in [0, 0.1) is 0 Å². The van der Waals surface area contributed by atoms with Gasteiger partial charge in [0.05, 0.1) is 6.61 Å². The molecule has 9 heteroatoms. The second-order valence-electron chi connectivity index (χ2n) is 5.93. The van der Waals surface area contributed by atoms with Gasteiger partial charge in [-0.25, -0.2) is 0 Å². The van der Waals surface area contributed by atoms with E-state index in [2.05, 4.69) is 20.6 Å². The van der Waals surface area contributed by atoms with E-state index in [1.165, 1.54) is 0 Å². The summed E-state index contributed by atoms with van der Waals surface area (Å²) in [7, 11) is 0. The van der Waals surface area contributed by atoms with Gasteiger partial charge in [0, 0.05) is 12.2 Å². The third kappa shape index (κ3) is 4.84. The lowest BCUT2D eigenvalue weighted by molar-refractivity contribution is -0.118. The number of carbonyl (C=O) groups is 1. The number of carbonyl (C=O) groups excluding carboxylic acids is 1. The molecule has 27 heavy (non-hydrogen) atoms. The molecule has 1 N–H and O–H groups in total. The molecule has 0 saturated heterocycles. The van der Waals surface area contributed by atoms with E-state index in [0.717, 1.165) is 5.75 Å². The molecular formula is C18H21N5O4. The van der Waals surface area contributed by atoms with Gasteiger partial charge in [0.15, 0.2) is 6.61 Å². The smallest absolute Gasteiger partial charge is 0.322 e. The molecule has 0 fully saturated rings. The van der Waals surface area contributed by atoms with Crippen molar-refractivity contribution in [2.24, 2.45) is 0 Å². The van der Waals surface area contributed by atoms with Gasteiger partial charge in [-0.05, 0) is 51.1 Å². The van der Waals surface area contributed by atoms with Gasteiger partial charge < -0.3 is 13.9 Å². The number of anilines is 1. The van der Waals surface area contributed by atoms with Gasteiger partial charge in [0.1, 0.15) is 17.2 Å². The van der Waals surface area contributed by atoms with E-state index in [4.69, 9.17) is 13.9 Å². The molecule has 0 bridgehead atoms. The van der Waals surface area contributed by atoms with Crippen molar-refractivity contribution in [3.8, 4) is 23.1 Å². The van der Waals surface area contributed by atoms with Gasteiger partial charge in [-0.15, -0.1) is 5.10 Å². The lowest BCUT2D eigenvalue weighted by Gasteiger charge is -2.07. The molecule has 142 valence electrons. The first kappa shape index (κ1) is 18.4. The molecule has 0 aliphatic heterocycles. The normalized spacial score (nSPS) is 10.8. The monoisotopic (exact) mass is 371 g/mol. The Morgan fingerprint density at radius 3 is 2.48 bits per heavy atom. The number of hydrogen-bond donors (Lipinski definition) is 1. The summed E-state index contributed by atoms with van der Waals surface area (Å²) in [6, 6.07) is 9.00. The van der Waals surface area contributed by atoms with Crippen LogP contribution in [0.15, 0.2) is 40.9 Å². The highest BCUT2D eigenvalue weighted by atomic mass is 16.5. The van der Waals surface area contributed by atoms with E-state index >= 15 is 0 Å². The first-order chi connectivity index (χ1) is 13.0. The number of nitrogens with one attached hydrogen (secondary N) is 1. The van der Waals surface area contributed by atoms with Crippen LogP contribution in [0.3, 0.4) is 0 Å². The SMILES string of the molecule is CCOc1ccc(OCC(=O)Nc2nnc(-c3ccn(C(C)C)n3)o2)cc1. The van der Waals surface area contributed by atoms with Gasteiger partial charge in [-0.2, -0.15) is 5.10 Å². The summed E-state index contributed by atoms with van der Waals surface area (Å²) in [5.41, 5.74) is 0.544. The average Bonchev–Trinajstić information content (AvgIpc) is 3.31. The summed E-state index contributed by atoms with van der Waals surface area (Å²) in [6.07, 6.45) is 1.83. The summed E-state index contributed by atoms with van der Waals surface area (Å²) < 4.78 is 18.0. The predicted octanol–water partition coefficient (Wildman–Crippen LogP) is 2.93. The number of nitrogens with zero attached hydrogens (tertiary/aromatic N) is 4. The molecule has 9 nitrogen and oxygen atoms in total. The van der Waals surface area contributed by atoms with Crippen molar-refractivity contribution in [2.75, 3.05) is 18.5 Å². The second-order valence-corrected chi connectivity index (χ2v) is 5.93. The summed E-state index contributed by atoms with van der Waals surface area (Å²) in [5, 5.41) is 14.5. The quantitative estimate of drug-likeness (QED) is 0.649. The molecule has 0 radical (unpaired) electrons. The number of benzene rings is 1. The number of ether oxygens (including phenoxy) is 2. The Morgan fingerprint density at radius 2 is 1.85 bits per heavy atom. The largest absolute Gasteiger partial charge is 0.494 e.